The van der Waals surface area contributed by atoms with E-state index in [2.05, 4.69) is 5.32 Å². The first-order valence-electron chi connectivity index (χ1n) is 6.36. The molecule has 0 fully saturated rings. The molecule has 0 aromatic heterocycles. The second-order valence-electron chi connectivity index (χ2n) is 4.56. The van der Waals surface area contributed by atoms with Crippen LogP contribution in [-0.4, -0.2) is 17.0 Å². The zero-order valence-electron chi connectivity index (χ0n) is 11.2. The lowest BCUT2D eigenvalue weighted by Crippen LogP contribution is -2.26. The van der Waals surface area contributed by atoms with Crippen LogP contribution in [0.3, 0.4) is 0 Å². The third kappa shape index (κ3) is 5.80. The van der Waals surface area contributed by atoms with Crippen molar-refractivity contribution in [3.05, 3.63) is 33.8 Å². The minimum absolute atomic E-state index is 0.0929. The van der Waals surface area contributed by atoms with Gasteiger partial charge in [-0.15, -0.1) is 0 Å². The van der Waals surface area contributed by atoms with Crippen LogP contribution in [-0.2, 0) is 9.59 Å². The zero-order valence-corrected chi connectivity index (χ0v) is 12.7. The molecule has 0 aliphatic rings. The van der Waals surface area contributed by atoms with Gasteiger partial charge in [-0.05, 0) is 37.5 Å². The molecule has 2 N–H and O–H groups in total. The number of carbonyl (C=O) groups excluding carboxylic acids is 1. The normalized spacial score (nSPS) is 11.9. The van der Waals surface area contributed by atoms with Gasteiger partial charge < -0.3 is 10.4 Å². The van der Waals surface area contributed by atoms with Crippen LogP contribution in [0.5, 0.6) is 0 Å². The Morgan fingerprint density at radius 3 is 2.45 bits per heavy atom. The molecule has 0 bridgehead atoms. The van der Waals surface area contributed by atoms with E-state index in [1.807, 2.05) is 13.0 Å². The van der Waals surface area contributed by atoms with Crippen LogP contribution in [0.1, 0.15) is 44.2 Å². The molecule has 1 rings (SSSR count). The molecule has 20 heavy (non-hydrogen) atoms. The number of halogens is 2. The maximum absolute atomic E-state index is 11.7. The van der Waals surface area contributed by atoms with Crippen LogP contribution >= 0.6 is 23.2 Å². The monoisotopic (exact) mass is 317 g/mol. The van der Waals surface area contributed by atoms with Crippen molar-refractivity contribution in [2.75, 3.05) is 0 Å². The summed E-state index contributed by atoms with van der Waals surface area (Å²) in [4.78, 5) is 22.0. The number of hydrogen-bond acceptors (Lipinski definition) is 2. The number of carboxylic acid groups (broad SMARTS) is 1. The number of carboxylic acids is 1. The van der Waals surface area contributed by atoms with Crippen molar-refractivity contribution in [1.29, 1.82) is 0 Å². The number of aliphatic carboxylic acids is 1. The number of nitrogens with one attached hydrogen (secondary N) is 1. The minimum atomic E-state index is -0.838. The first-order chi connectivity index (χ1) is 9.40. The van der Waals surface area contributed by atoms with Crippen molar-refractivity contribution in [3.63, 3.8) is 0 Å². The summed E-state index contributed by atoms with van der Waals surface area (Å²) >= 11 is 11.8. The van der Waals surface area contributed by atoms with Gasteiger partial charge in [0.1, 0.15) is 0 Å². The van der Waals surface area contributed by atoms with Gasteiger partial charge in [-0.1, -0.05) is 29.3 Å². The molecule has 1 amide bonds. The highest BCUT2D eigenvalue weighted by Crippen LogP contribution is 2.25. The molecule has 0 spiro atoms. The van der Waals surface area contributed by atoms with E-state index in [1.165, 1.54) is 0 Å². The van der Waals surface area contributed by atoms with E-state index in [4.69, 9.17) is 28.3 Å². The smallest absolute Gasteiger partial charge is 0.303 e. The number of hydrogen-bond donors (Lipinski definition) is 2. The Kier molecular flexibility index (Phi) is 6.82. The van der Waals surface area contributed by atoms with Gasteiger partial charge in [0.2, 0.25) is 5.91 Å². The van der Waals surface area contributed by atoms with Crippen LogP contribution in [0.2, 0.25) is 10.0 Å². The standard InChI is InChI=1S/C14H17Cl2NO3/c1-9(10-6-7-11(15)12(16)8-10)17-13(18)4-2-3-5-14(19)20/h6-9H,2-5H2,1H3,(H,17,18)(H,19,20). The largest absolute Gasteiger partial charge is 0.481 e. The highest BCUT2D eigenvalue weighted by molar-refractivity contribution is 6.42. The van der Waals surface area contributed by atoms with Crippen LogP contribution in [0.4, 0.5) is 0 Å². The van der Waals surface area contributed by atoms with E-state index in [1.54, 1.807) is 12.1 Å². The molecule has 0 radical (unpaired) electrons. The second-order valence-corrected chi connectivity index (χ2v) is 5.38. The predicted octanol–water partition coefficient (Wildman–Crippen LogP) is 3.82. The minimum Gasteiger partial charge on any atom is -0.481 e. The van der Waals surface area contributed by atoms with Crippen molar-refractivity contribution in [3.8, 4) is 0 Å². The molecule has 4 nitrogen and oxygen atoms in total. The van der Waals surface area contributed by atoms with Gasteiger partial charge in [0.15, 0.2) is 0 Å². The second kappa shape index (κ2) is 8.12. The molecule has 1 aromatic carbocycles. The van der Waals surface area contributed by atoms with Gasteiger partial charge in [0, 0.05) is 12.8 Å². The maximum Gasteiger partial charge on any atom is 0.303 e. The molecular weight excluding hydrogens is 301 g/mol. The van der Waals surface area contributed by atoms with Crippen LogP contribution in [0, 0.1) is 0 Å². The van der Waals surface area contributed by atoms with E-state index < -0.39 is 5.97 Å². The summed E-state index contributed by atoms with van der Waals surface area (Å²) in [6.45, 7) is 1.86. The van der Waals surface area contributed by atoms with Gasteiger partial charge >= 0.3 is 5.97 Å². The summed E-state index contributed by atoms with van der Waals surface area (Å²) in [7, 11) is 0. The zero-order chi connectivity index (χ0) is 15.1. The van der Waals surface area contributed by atoms with E-state index in [-0.39, 0.29) is 18.4 Å². The van der Waals surface area contributed by atoms with E-state index >= 15 is 0 Å². The van der Waals surface area contributed by atoms with Gasteiger partial charge in [-0.2, -0.15) is 0 Å². The van der Waals surface area contributed by atoms with Gasteiger partial charge in [-0.3, -0.25) is 9.59 Å². The third-order valence-corrected chi connectivity index (χ3v) is 3.60. The quantitative estimate of drug-likeness (QED) is 0.751. The van der Waals surface area contributed by atoms with Crippen LogP contribution in [0.25, 0.3) is 0 Å². The van der Waals surface area contributed by atoms with Gasteiger partial charge in [0.25, 0.3) is 0 Å². The SMILES string of the molecule is CC(NC(=O)CCCCC(=O)O)c1ccc(Cl)c(Cl)c1. The summed E-state index contributed by atoms with van der Waals surface area (Å²) in [6, 6.07) is 5.05. The Bertz CT molecular complexity index is 491. The number of benzene rings is 1. The Balaban J connectivity index is 2.41. The van der Waals surface area contributed by atoms with Gasteiger partial charge in [-0.25, -0.2) is 0 Å². The van der Waals surface area contributed by atoms with Crippen LogP contribution < -0.4 is 5.32 Å². The number of rotatable bonds is 7. The van der Waals surface area contributed by atoms with Crippen LogP contribution in [0.15, 0.2) is 18.2 Å². The Morgan fingerprint density at radius 1 is 1.20 bits per heavy atom. The maximum atomic E-state index is 11.7. The Hall–Kier alpha value is -1.26. The molecular formula is C14H17Cl2NO3. The molecule has 1 atom stereocenters. The van der Waals surface area contributed by atoms with Crippen molar-refractivity contribution in [2.45, 2.75) is 38.6 Å². The molecule has 0 saturated carbocycles. The Labute approximate surface area is 128 Å². The summed E-state index contributed by atoms with van der Waals surface area (Å²) in [6.07, 6.45) is 1.48. The predicted molar refractivity (Wildman–Crippen MR) is 79.1 cm³/mol. The average Bonchev–Trinajstić information content (AvgIpc) is 2.37. The van der Waals surface area contributed by atoms with Gasteiger partial charge in [0.05, 0.1) is 16.1 Å². The highest BCUT2D eigenvalue weighted by atomic mass is 35.5. The summed E-state index contributed by atoms with van der Waals surface area (Å²) < 4.78 is 0. The molecule has 6 heteroatoms. The lowest BCUT2D eigenvalue weighted by atomic mass is 10.1. The fourth-order valence-corrected chi connectivity index (χ4v) is 2.05. The van der Waals surface area contributed by atoms with E-state index in [9.17, 15) is 9.59 Å². The molecule has 0 aliphatic carbocycles. The van der Waals surface area contributed by atoms with Crippen molar-refractivity contribution in [2.24, 2.45) is 0 Å². The van der Waals surface area contributed by atoms with E-state index in [0.717, 1.165) is 5.56 Å². The first-order valence-corrected chi connectivity index (χ1v) is 7.12. The molecule has 1 aromatic rings. The van der Waals surface area contributed by atoms with Crippen molar-refractivity contribution < 1.29 is 14.7 Å². The highest BCUT2D eigenvalue weighted by Gasteiger charge is 2.11. The summed E-state index contributed by atoms with van der Waals surface area (Å²) in [5.41, 5.74) is 0.873. The van der Waals surface area contributed by atoms with E-state index in [0.29, 0.717) is 29.3 Å². The molecule has 110 valence electrons. The topological polar surface area (TPSA) is 66.4 Å². The van der Waals surface area contributed by atoms with Crippen molar-refractivity contribution in [1.82, 2.24) is 5.32 Å². The molecule has 0 aliphatic heterocycles. The fraction of sp³-hybridized carbons (Fsp3) is 0.429. The molecule has 0 heterocycles. The van der Waals surface area contributed by atoms with Crippen molar-refractivity contribution >= 4 is 35.1 Å². The summed E-state index contributed by atoms with van der Waals surface area (Å²) in [5, 5.41) is 12.3. The lowest BCUT2D eigenvalue weighted by Gasteiger charge is -2.15. The number of amides is 1. The number of carbonyl (C=O) groups is 2. The fourth-order valence-electron chi connectivity index (χ4n) is 1.74. The molecule has 1 unspecified atom stereocenters. The number of unbranched alkanes of at least 4 members (excludes halogenated alkanes) is 1. The third-order valence-electron chi connectivity index (χ3n) is 2.87. The Morgan fingerprint density at radius 2 is 1.85 bits per heavy atom. The average molecular weight is 318 g/mol. The molecule has 0 saturated heterocycles. The summed E-state index contributed by atoms with van der Waals surface area (Å²) in [5.74, 6) is -0.941. The lowest BCUT2D eigenvalue weighted by molar-refractivity contribution is -0.137. The first kappa shape index (κ1) is 16.8.